The molecule has 1 saturated carbocycles. The van der Waals surface area contributed by atoms with Crippen LogP contribution < -0.4 is 5.32 Å². The molecule has 1 amide bonds. The number of rotatable bonds is 5. The Morgan fingerprint density at radius 2 is 2.30 bits per heavy atom. The van der Waals surface area contributed by atoms with E-state index in [1.165, 1.54) is 19.3 Å². The molecule has 2 unspecified atom stereocenters. The molecule has 124 valence electrons. The fraction of sp³-hybridized carbons (Fsp3) is 0.562. The van der Waals surface area contributed by atoms with Gasteiger partial charge in [-0.05, 0) is 30.2 Å². The molecule has 2 heterocycles. The molecule has 1 N–H and O–H groups in total. The van der Waals surface area contributed by atoms with E-state index in [0.717, 1.165) is 11.3 Å². The van der Waals surface area contributed by atoms with Crippen LogP contribution in [-0.2, 0) is 16.6 Å². The second-order valence-corrected chi connectivity index (χ2v) is 6.97. The highest BCUT2D eigenvalue weighted by molar-refractivity contribution is 7.13. The summed E-state index contributed by atoms with van der Waals surface area (Å²) in [7, 11) is 1.77. The normalized spacial score (nSPS) is 21.3. The van der Waals surface area contributed by atoms with E-state index in [1.54, 1.807) is 23.1 Å². The van der Waals surface area contributed by atoms with E-state index >= 15 is 0 Å². The van der Waals surface area contributed by atoms with Crippen molar-refractivity contribution in [3.05, 3.63) is 17.5 Å². The first-order valence-electron chi connectivity index (χ1n) is 8.00. The Hall–Kier alpha value is -1.73. The van der Waals surface area contributed by atoms with Gasteiger partial charge in [0.15, 0.2) is 5.82 Å². The molecule has 7 heteroatoms. The molecule has 6 nitrogen and oxygen atoms in total. The van der Waals surface area contributed by atoms with Gasteiger partial charge in [0.1, 0.15) is 6.61 Å². The van der Waals surface area contributed by atoms with Crippen LogP contribution in [0.15, 0.2) is 17.5 Å². The van der Waals surface area contributed by atoms with Gasteiger partial charge in [-0.15, -0.1) is 16.4 Å². The largest absolute Gasteiger partial charge is 0.368 e. The lowest BCUT2D eigenvalue weighted by Gasteiger charge is -2.28. The van der Waals surface area contributed by atoms with Crippen LogP contribution in [0.4, 0.5) is 5.95 Å². The highest BCUT2D eigenvalue weighted by Crippen LogP contribution is 2.26. The first-order valence-corrected chi connectivity index (χ1v) is 8.88. The molecule has 2 aromatic heterocycles. The van der Waals surface area contributed by atoms with Crippen molar-refractivity contribution in [2.45, 2.75) is 38.7 Å². The van der Waals surface area contributed by atoms with Gasteiger partial charge in [0.25, 0.3) is 5.91 Å². The number of nitrogens with zero attached hydrogens (tertiary/aromatic N) is 3. The zero-order valence-electron chi connectivity index (χ0n) is 13.5. The van der Waals surface area contributed by atoms with Gasteiger partial charge >= 0.3 is 0 Å². The van der Waals surface area contributed by atoms with Crippen LogP contribution in [0.3, 0.4) is 0 Å². The summed E-state index contributed by atoms with van der Waals surface area (Å²) in [6.45, 7) is 2.26. The Morgan fingerprint density at radius 3 is 3.04 bits per heavy atom. The third-order valence-corrected chi connectivity index (χ3v) is 5.08. The van der Waals surface area contributed by atoms with Gasteiger partial charge in [-0.25, -0.2) is 4.68 Å². The first-order chi connectivity index (χ1) is 11.1. The minimum Gasteiger partial charge on any atom is -0.368 e. The van der Waals surface area contributed by atoms with Gasteiger partial charge in [0.05, 0.1) is 11.0 Å². The highest BCUT2D eigenvalue weighted by atomic mass is 32.1. The molecule has 0 radical (unpaired) electrons. The van der Waals surface area contributed by atoms with Gasteiger partial charge in [0.2, 0.25) is 5.95 Å². The number of nitrogens with one attached hydrogen (secondary N) is 1. The van der Waals surface area contributed by atoms with Crippen LogP contribution in [0.1, 0.15) is 32.6 Å². The van der Waals surface area contributed by atoms with Crippen molar-refractivity contribution in [1.29, 1.82) is 0 Å². The van der Waals surface area contributed by atoms with Crippen LogP contribution in [0, 0.1) is 5.92 Å². The summed E-state index contributed by atoms with van der Waals surface area (Å²) in [4.78, 5) is 17.5. The smallest absolute Gasteiger partial charge is 0.252 e. The van der Waals surface area contributed by atoms with E-state index in [2.05, 4.69) is 22.3 Å². The number of amides is 1. The number of aryl methyl sites for hydroxylation is 1. The lowest BCUT2D eigenvalue weighted by atomic mass is 9.88. The minimum absolute atomic E-state index is 0.0657. The minimum atomic E-state index is -0.184. The van der Waals surface area contributed by atoms with Crippen molar-refractivity contribution in [3.8, 4) is 10.7 Å². The topological polar surface area (TPSA) is 69.0 Å². The quantitative estimate of drug-likeness (QED) is 0.912. The molecule has 0 aliphatic heterocycles. The molecule has 1 aliphatic carbocycles. The molecule has 2 atom stereocenters. The fourth-order valence-corrected chi connectivity index (χ4v) is 3.53. The Bertz CT molecular complexity index is 653. The predicted molar refractivity (Wildman–Crippen MR) is 90.3 cm³/mol. The van der Waals surface area contributed by atoms with Gasteiger partial charge in [-0.1, -0.05) is 25.8 Å². The second kappa shape index (κ2) is 7.23. The number of carbonyl (C=O) groups is 1. The number of anilines is 1. The Balaban J connectivity index is 1.55. The van der Waals surface area contributed by atoms with Crippen molar-refractivity contribution >= 4 is 23.2 Å². The molecule has 0 bridgehead atoms. The predicted octanol–water partition coefficient (Wildman–Crippen LogP) is 3.08. The average Bonchev–Trinajstić information content (AvgIpc) is 3.17. The van der Waals surface area contributed by atoms with Crippen LogP contribution >= 0.6 is 11.3 Å². The number of ether oxygens (including phenoxy) is 1. The zero-order valence-corrected chi connectivity index (χ0v) is 14.3. The maximum atomic E-state index is 12.1. The fourth-order valence-electron chi connectivity index (χ4n) is 2.88. The summed E-state index contributed by atoms with van der Waals surface area (Å²) in [6.07, 6.45) is 4.86. The van der Waals surface area contributed by atoms with Crippen LogP contribution in [0.2, 0.25) is 0 Å². The molecule has 0 spiro atoms. The molecular formula is C16H22N4O2S. The van der Waals surface area contributed by atoms with E-state index in [1.807, 2.05) is 17.5 Å². The zero-order chi connectivity index (χ0) is 16.2. The van der Waals surface area contributed by atoms with Gasteiger partial charge in [-0.3, -0.25) is 10.1 Å². The lowest BCUT2D eigenvalue weighted by molar-refractivity contribution is -0.124. The van der Waals surface area contributed by atoms with Gasteiger partial charge in [0, 0.05) is 7.05 Å². The summed E-state index contributed by atoms with van der Waals surface area (Å²) < 4.78 is 7.36. The van der Waals surface area contributed by atoms with Crippen LogP contribution in [0.5, 0.6) is 0 Å². The molecule has 3 rings (SSSR count). The van der Waals surface area contributed by atoms with Crippen molar-refractivity contribution in [3.63, 3.8) is 0 Å². The van der Waals surface area contributed by atoms with E-state index in [4.69, 9.17) is 4.74 Å². The van der Waals surface area contributed by atoms with Crippen LogP contribution in [0.25, 0.3) is 10.7 Å². The maximum absolute atomic E-state index is 12.1. The van der Waals surface area contributed by atoms with Gasteiger partial charge < -0.3 is 4.74 Å². The second-order valence-electron chi connectivity index (χ2n) is 6.02. The van der Waals surface area contributed by atoms with E-state index in [-0.39, 0.29) is 18.6 Å². The molecular weight excluding hydrogens is 312 g/mol. The molecule has 1 aliphatic rings. The van der Waals surface area contributed by atoms with Gasteiger partial charge in [-0.2, -0.15) is 4.98 Å². The third-order valence-electron chi connectivity index (χ3n) is 4.22. The number of hydrogen-bond acceptors (Lipinski definition) is 5. The average molecular weight is 334 g/mol. The monoisotopic (exact) mass is 334 g/mol. The summed E-state index contributed by atoms with van der Waals surface area (Å²) in [5.41, 5.74) is 0. The highest BCUT2D eigenvalue weighted by Gasteiger charge is 2.23. The molecule has 0 saturated heterocycles. The van der Waals surface area contributed by atoms with Crippen molar-refractivity contribution in [2.75, 3.05) is 11.9 Å². The van der Waals surface area contributed by atoms with E-state index < -0.39 is 0 Å². The molecule has 1 fully saturated rings. The third kappa shape index (κ3) is 3.97. The van der Waals surface area contributed by atoms with Crippen LogP contribution in [-0.4, -0.2) is 33.4 Å². The SMILES string of the molecule is CC1CCCCC1OCC(=O)Nc1nc(-c2cccs2)nn1C. The standard InChI is InChI=1S/C16H22N4O2S/c1-11-6-3-4-7-12(11)22-10-14(21)17-16-18-15(19-20(16)2)13-8-5-9-23-13/h5,8-9,11-12H,3-4,6-7,10H2,1-2H3,(H,17,18,19,21). The summed E-state index contributed by atoms with van der Waals surface area (Å²) >= 11 is 1.57. The summed E-state index contributed by atoms with van der Waals surface area (Å²) in [5.74, 6) is 1.41. The van der Waals surface area contributed by atoms with Crippen molar-refractivity contribution < 1.29 is 9.53 Å². The van der Waals surface area contributed by atoms with Crippen molar-refractivity contribution in [1.82, 2.24) is 14.8 Å². The van der Waals surface area contributed by atoms with E-state index in [9.17, 15) is 4.79 Å². The number of aromatic nitrogens is 3. The Kier molecular flexibility index (Phi) is 5.07. The molecule has 23 heavy (non-hydrogen) atoms. The Morgan fingerprint density at radius 1 is 1.48 bits per heavy atom. The number of hydrogen-bond donors (Lipinski definition) is 1. The molecule has 0 aromatic carbocycles. The molecule has 2 aromatic rings. The number of thiophene rings is 1. The summed E-state index contributed by atoms with van der Waals surface area (Å²) in [6, 6.07) is 3.91. The summed E-state index contributed by atoms with van der Waals surface area (Å²) in [5, 5.41) is 9.08. The van der Waals surface area contributed by atoms with E-state index in [0.29, 0.717) is 17.7 Å². The number of carbonyl (C=O) groups excluding carboxylic acids is 1. The van der Waals surface area contributed by atoms with Crippen molar-refractivity contribution in [2.24, 2.45) is 13.0 Å². The first kappa shape index (κ1) is 16.1. The Labute approximate surface area is 139 Å². The maximum Gasteiger partial charge on any atom is 0.252 e. The lowest BCUT2D eigenvalue weighted by Crippen LogP contribution is -2.30.